The number of hydrogen-bond acceptors (Lipinski definition) is 3. The van der Waals surface area contributed by atoms with Crippen LogP contribution in [0.5, 0.6) is 11.5 Å². The summed E-state index contributed by atoms with van der Waals surface area (Å²) in [6.45, 7) is 4.44. The van der Waals surface area contributed by atoms with Crippen LogP contribution < -0.4 is 20.1 Å². The first-order chi connectivity index (χ1) is 12.3. The van der Waals surface area contributed by atoms with Gasteiger partial charge in [0.1, 0.15) is 0 Å². The molecule has 5 nitrogen and oxygen atoms in total. The normalized spacial score (nSPS) is 14.1. The maximum atomic E-state index is 5.35. The topological polar surface area (TPSA) is 54.9 Å². The van der Waals surface area contributed by atoms with Gasteiger partial charge in [-0.2, -0.15) is 0 Å². The molecule has 26 heavy (non-hydrogen) atoms. The standard InChI is InChI=1S/C20H31N3O2.HI/c1-4-21-20(22-13-12-16-8-6-5-7-9-16)23-15-17-10-11-18(24-2)19(14-17)25-3;/h8,10-11,14H,4-7,9,12-13,15H2,1-3H3,(H2,21,22,23);1H. The number of halogens is 1. The number of benzene rings is 1. The van der Waals surface area contributed by atoms with E-state index in [0.717, 1.165) is 42.5 Å². The quantitative estimate of drug-likeness (QED) is 0.256. The van der Waals surface area contributed by atoms with E-state index in [4.69, 9.17) is 9.47 Å². The predicted octanol–water partition coefficient (Wildman–Crippen LogP) is 4.27. The van der Waals surface area contributed by atoms with E-state index < -0.39 is 0 Å². The van der Waals surface area contributed by atoms with Crippen molar-refractivity contribution in [2.45, 2.75) is 45.6 Å². The maximum absolute atomic E-state index is 5.35. The zero-order valence-corrected chi connectivity index (χ0v) is 18.5. The number of ether oxygens (including phenoxy) is 2. The summed E-state index contributed by atoms with van der Waals surface area (Å²) in [5.74, 6) is 2.33. The molecule has 0 saturated heterocycles. The minimum atomic E-state index is 0. The zero-order valence-electron chi connectivity index (χ0n) is 16.1. The van der Waals surface area contributed by atoms with Gasteiger partial charge in [-0.1, -0.05) is 17.7 Å². The van der Waals surface area contributed by atoms with E-state index in [9.17, 15) is 0 Å². The van der Waals surface area contributed by atoms with Crippen LogP contribution in [-0.4, -0.2) is 33.3 Å². The SMILES string of the molecule is CCNC(=NCc1ccc(OC)c(OC)c1)NCCC1=CCCCC1.I. The largest absolute Gasteiger partial charge is 0.493 e. The van der Waals surface area contributed by atoms with Crippen LogP contribution in [0.15, 0.2) is 34.8 Å². The van der Waals surface area contributed by atoms with Crippen LogP contribution in [0.4, 0.5) is 0 Å². The van der Waals surface area contributed by atoms with Crippen molar-refractivity contribution in [3.8, 4) is 11.5 Å². The van der Waals surface area contributed by atoms with Crippen molar-refractivity contribution in [3.05, 3.63) is 35.4 Å². The van der Waals surface area contributed by atoms with Crippen LogP contribution in [-0.2, 0) is 6.54 Å². The Kier molecular flexibility index (Phi) is 11.2. The summed E-state index contributed by atoms with van der Waals surface area (Å²) >= 11 is 0. The summed E-state index contributed by atoms with van der Waals surface area (Å²) in [7, 11) is 3.29. The molecule has 1 aromatic carbocycles. The highest BCUT2D eigenvalue weighted by molar-refractivity contribution is 14.0. The van der Waals surface area contributed by atoms with Crippen molar-refractivity contribution in [2.75, 3.05) is 27.3 Å². The van der Waals surface area contributed by atoms with E-state index in [0.29, 0.717) is 6.54 Å². The van der Waals surface area contributed by atoms with E-state index in [-0.39, 0.29) is 24.0 Å². The highest BCUT2D eigenvalue weighted by atomic mass is 127. The molecule has 1 aliphatic rings. The lowest BCUT2D eigenvalue weighted by molar-refractivity contribution is 0.354. The molecule has 0 heterocycles. The second kappa shape index (κ2) is 12.8. The molecule has 0 radical (unpaired) electrons. The van der Waals surface area contributed by atoms with Gasteiger partial charge in [0.25, 0.3) is 0 Å². The van der Waals surface area contributed by atoms with Crippen molar-refractivity contribution >= 4 is 29.9 Å². The Balaban J connectivity index is 0.00000338. The Labute approximate surface area is 174 Å². The van der Waals surface area contributed by atoms with Crippen LogP contribution in [0.1, 0.15) is 44.6 Å². The van der Waals surface area contributed by atoms with Gasteiger partial charge < -0.3 is 20.1 Å². The molecule has 0 unspecified atom stereocenters. The van der Waals surface area contributed by atoms with Crippen LogP contribution in [0.25, 0.3) is 0 Å². The molecule has 1 aromatic rings. The maximum Gasteiger partial charge on any atom is 0.191 e. The fourth-order valence-corrected chi connectivity index (χ4v) is 2.96. The van der Waals surface area contributed by atoms with Crippen LogP contribution in [0.3, 0.4) is 0 Å². The van der Waals surface area contributed by atoms with Gasteiger partial charge in [-0.3, -0.25) is 0 Å². The molecule has 0 aliphatic heterocycles. The summed E-state index contributed by atoms with van der Waals surface area (Å²) in [5.41, 5.74) is 2.67. The van der Waals surface area contributed by atoms with E-state index in [2.05, 4.69) is 28.6 Å². The third-order valence-electron chi connectivity index (χ3n) is 4.34. The lowest BCUT2D eigenvalue weighted by atomic mass is 9.97. The zero-order chi connectivity index (χ0) is 17.9. The van der Waals surface area contributed by atoms with Crippen LogP contribution in [0.2, 0.25) is 0 Å². The minimum absolute atomic E-state index is 0. The van der Waals surface area contributed by atoms with Gasteiger partial charge in [0.2, 0.25) is 0 Å². The summed E-state index contributed by atoms with van der Waals surface area (Å²) in [6, 6.07) is 5.90. The molecular formula is C20H32IN3O2. The Hall–Kier alpha value is -1.44. The van der Waals surface area contributed by atoms with E-state index in [1.165, 1.54) is 25.7 Å². The summed E-state index contributed by atoms with van der Waals surface area (Å²) in [4.78, 5) is 4.68. The van der Waals surface area contributed by atoms with E-state index in [1.807, 2.05) is 18.2 Å². The van der Waals surface area contributed by atoms with Gasteiger partial charge >= 0.3 is 0 Å². The summed E-state index contributed by atoms with van der Waals surface area (Å²) in [5, 5.41) is 6.74. The van der Waals surface area contributed by atoms with Gasteiger partial charge in [-0.15, -0.1) is 24.0 Å². The minimum Gasteiger partial charge on any atom is -0.493 e. The number of hydrogen-bond donors (Lipinski definition) is 2. The Morgan fingerprint density at radius 2 is 1.92 bits per heavy atom. The summed E-state index contributed by atoms with van der Waals surface area (Å²) < 4.78 is 10.6. The van der Waals surface area contributed by atoms with Gasteiger partial charge in [0, 0.05) is 13.1 Å². The molecule has 2 rings (SSSR count). The molecule has 146 valence electrons. The highest BCUT2D eigenvalue weighted by Crippen LogP contribution is 2.27. The number of methoxy groups -OCH3 is 2. The number of guanidine groups is 1. The second-order valence-electron chi connectivity index (χ2n) is 6.17. The average molecular weight is 473 g/mol. The fourth-order valence-electron chi connectivity index (χ4n) is 2.96. The first kappa shape index (κ1) is 22.6. The molecule has 0 amide bonds. The number of rotatable bonds is 8. The molecule has 0 spiro atoms. The first-order valence-electron chi connectivity index (χ1n) is 9.17. The Morgan fingerprint density at radius 3 is 2.58 bits per heavy atom. The van der Waals surface area contributed by atoms with Gasteiger partial charge in [-0.25, -0.2) is 4.99 Å². The van der Waals surface area contributed by atoms with Crippen molar-refractivity contribution in [2.24, 2.45) is 4.99 Å². The average Bonchev–Trinajstić information content (AvgIpc) is 2.66. The molecule has 0 bridgehead atoms. The lowest BCUT2D eigenvalue weighted by Gasteiger charge is -2.15. The molecule has 0 saturated carbocycles. The first-order valence-corrected chi connectivity index (χ1v) is 9.17. The third kappa shape index (κ3) is 7.43. The highest BCUT2D eigenvalue weighted by Gasteiger charge is 2.06. The molecule has 1 aliphatic carbocycles. The predicted molar refractivity (Wildman–Crippen MR) is 119 cm³/mol. The summed E-state index contributed by atoms with van der Waals surface area (Å²) in [6.07, 6.45) is 8.66. The van der Waals surface area contributed by atoms with Gasteiger partial charge in [0.05, 0.1) is 20.8 Å². The third-order valence-corrected chi connectivity index (χ3v) is 4.34. The number of nitrogens with zero attached hydrogens (tertiary/aromatic N) is 1. The van der Waals surface area contributed by atoms with Gasteiger partial charge in [0.15, 0.2) is 17.5 Å². The smallest absolute Gasteiger partial charge is 0.191 e. The van der Waals surface area contributed by atoms with Crippen LogP contribution in [0, 0.1) is 0 Å². The fraction of sp³-hybridized carbons (Fsp3) is 0.550. The Bertz CT molecular complexity index is 603. The molecule has 6 heteroatoms. The number of allylic oxidation sites excluding steroid dienone is 1. The van der Waals surface area contributed by atoms with Crippen molar-refractivity contribution in [1.29, 1.82) is 0 Å². The number of aliphatic imine (C=N–C) groups is 1. The van der Waals surface area contributed by atoms with Gasteiger partial charge in [-0.05, 0) is 56.7 Å². The second-order valence-corrected chi connectivity index (χ2v) is 6.17. The van der Waals surface area contributed by atoms with Crippen molar-refractivity contribution in [1.82, 2.24) is 10.6 Å². The van der Waals surface area contributed by atoms with Crippen LogP contribution >= 0.6 is 24.0 Å². The van der Waals surface area contributed by atoms with E-state index >= 15 is 0 Å². The van der Waals surface area contributed by atoms with Crippen molar-refractivity contribution < 1.29 is 9.47 Å². The number of nitrogens with one attached hydrogen (secondary N) is 2. The molecule has 2 N–H and O–H groups in total. The molecular weight excluding hydrogens is 441 g/mol. The Morgan fingerprint density at radius 1 is 1.12 bits per heavy atom. The molecule has 0 atom stereocenters. The molecule has 0 fully saturated rings. The lowest BCUT2D eigenvalue weighted by Crippen LogP contribution is -2.37. The van der Waals surface area contributed by atoms with Crippen molar-refractivity contribution in [3.63, 3.8) is 0 Å². The molecule has 0 aromatic heterocycles. The van der Waals surface area contributed by atoms with E-state index in [1.54, 1.807) is 19.8 Å². The monoisotopic (exact) mass is 473 g/mol.